The number of unbranched alkanes of at least 4 members (excludes halogenated alkanes) is 4. The van der Waals surface area contributed by atoms with Crippen LogP contribution in [0.2, 0.25) is 0 Å². The van der Waals surface area contributed by atoms with Crippen molar-refractivity contribution in [3.8, 4) is 0 Å². The van der Waals surface area contributed by atoms with Crippen LogP contribution in [0.1, 0.15) is 100 Å². The molecule has 1 nitrogen and oxygen atoms in total. The lowest BCUT2D eigenvalue weighted by molar-refractivity contribution is -0.136. The Morgan fingerprint density at radius 2 is 1.30 bits per heavy atom. The van der Waals surface area contributed by atoms with Gasteiger partial charge in [0.1, 0.15) is 5.78 Å². The highest BCUT2D eigenvalue weighted by Crippen LogP contribution is 2.48. The molecule has 0 saturated heterocycles. The maximum Gasteiger partial charge on any atom is 0.139 e. The Bertz CT molecular complexity index is 290. The van der Waals surface area contributed by atoms with Crippen LogP contribution in [-0.4, -0.2) is 5.78 Å². The zero-order chi connectivity index (χ0) is 16.0. The third-order valence-corrected chi connectivity index (χ3v) is 4.66. The fourth-order valence-corrected chi connectivity index (χ4v) is 3.01. The topological polar surface area (TPSA) is 17.1 Å². The van der Waals surface area contributed by atoms with Crippen LogP contribution >= 0.6 is 0 Å². The van der Waals surface area contributed by atoms with Gasteiger partial charge in [0.25, 0.3) is 0 Å². The van der Waals surface area contributed by atoms with Gasteiger partial charge in [0.2, 0.25) is 0 Å². The van der Waals surface area contributed by atoms with Crippen LogP contribution in [0, 0.1) is 16.2 Å². The third-order valence-electron chi connectivity index (χ3n) is 4.66. The molecule has 0 aliphatic carbocycles. The predicted octanol–water partition coefficient (Wildman–Crippen LogP) is 6.40. The lowest BCUT2D eigenvalue weighted by Gasteiger charge is -2.44. The molecule has 1 unspecified atom stereocenters. The molecule has 120 valence electrons. The lowest BCUT2D eigenvalue weighted by atomic mass is 9.58. The van der Waals surface area contributed by atoms with Gasteiger partial charge in [-0.25, -0.2) is 0 Å². The van der Waals surface area contributed by atoms with Gasteiger partial charge in [-0.05, 0) is 23.7 Å². The number of Topliss-reactive ketones (excluding diaryl/α,β-unsaturated/α-hetero) is 1. The first-order valence-corrected chi connectivity index (χ1v) is 8.47. The van der Waals surface area contributed by atoms with Crippen LogP contribution in [0.15, 0.2) is 0 Å². The number of rotatable bonds is 8. The van der Waals surface area contributed by atoms with Gasteiger partial charge in [0.05, 0.1) is 0 Å². The highest BCUT2D eigenvalue weighted by atomic mass is 16.1. The van der Waals surface area contributed by atoms with Gasteiger partial charge in [-0.1, -0.05) is 81.1 Å². The molecule has 0 aromatic heterocycles. The van der Waals surface area contributed by atoms with Gasteiger partial charge in [-0.3, -0.25) is 4.79 Å². The summed E-state index contributed by atoms with van der Waals surface area (Å²) in [5, 5.41) is 0. The minimum Gasteiger partial charge on any atom is -0.299 e. The largest absolute Gasteiger partial charge is 0.299 e. The molecule has 1 heteroatoms. The van der Waals surface area contributed by atoms with Crippen LogP contribution in [0.25, 0.3) is 0 Å². The van der Waals surface area contributed by atoms with Gasteiger partial charge in [0.15, 0.2) is 0 Å². The Morgan fingerprint density at radius 3 is 1.70 bits per heavy atom. The third kappa shape index (κ3) is 6.41. The van der Waals surface area contributed by atoms with E-state index in [0.717, 1.165) is 19.3 Å². The number of carbonyl (C=O) groups is 1. The van der Waals surface area contributed by atoms with Crippen molar-refractivity contribution in [2.75, 3.05) is 0 Å². The van der Waals surface area contributed by atoms with E-state index in [4.69, 9.17) is 0 Å². The monoisotopic (exact) mass is 282 g/mol. The SMILES string of the molecule is CCCCCCCC(=O)C(C)(CC(C)(C)C)C(C)(C)C. The van der Waals surface area contributed by atoms with Gasteiger partial charge in [-0.15, -0.1) is 0 Å². The Hall–Kier alpha value is -0.330. The van der Waals surface area contributed by atoms with E-state index in [0.29, 0.717) is 5.78 Å². The fraction of sp³-hybridized carbons (Fsp3) is 0.947. The minimum absolute atomic E-state index is 0.0286. The molecule has 0 aliphatic heterocycles. The van der Waals surface area contributed by atoms with E-state index in [-0.39, 0.29) is 16.2 Å². The van der Waals surface area contributed by atoms with Crippen molar-refractivity contribution >= 4 is 5.78 Å². The molecule has 20 heavy (non-hydrogen) atoms. The van der Waals surface area contributed by atoms with Crippen LogP contribution < -0.4 is 0 Å². The Balaban J connectivity index is 4.68. The molecule has 0 aromatic carbocycles. The highest BCUT2D eigenvalue weighted by Gasteiger charge is 2.45. The molecule has 0 saturated carbocycles. The van der Waals surface area contributed by atoms with Crippen molar-refractivity contribution in [3.05, 3.63) is 0 Å². The second-order valence-corrected chi connectivity index (χ2v) is 8.91. The average molecular weight is 283 g/mol. The zero-order valence-electron chi connectivity index (χ0n) is 15.4. The van der Waals surface area contributed by atoms with E-state index in [9.17, 15) is 4.79 Å². The van der Waals surface area contributed by atoms with Crippen molar-refractivity contribution in [2.24, 2.45) is 16.2 Å². The van der Waals surface area contributed by atoms with Gasteiger partial charge < -0.3 is 0 Å². The molecule has 0 radical (unpaired) electrons. The maximum absolute atomic E-state index is 12.8. The van der Waals surface area contributed by atoms with Gasteiger partial charge >= 0.3 is 0 Å². The van der Waals surface area contributed by atoms with Crippen molar-refractivity contribution in [1.29, 1.82) is 0 Å². The normalized spacial score (nSPS) is 16.0. The lowest BCUT2D eigenvalue weighted by Crippen LogP contribution is -2.43. The number of hydrogen-bond acceptors (Lipinski definition) is 1. The first-order valence-electron chi connectivity index (χ1n) is 8.47. The predicted molar refractivity (Wildman–Crippen MR) is 90.0 cm³/mol. The summed E-state index contributed by atoms with van der Waals surface area (Å²) < 4.78 is 0. The molecule has 0 N–H and O–H groups in total. The fourth-order valence-electron chi connectivity index (χ4n) is 3.01. The molecule has 0 spiro atoms. The molecule has 0 rings (SSSR count). The standard InChI is InChI=1S/C19H38O/c1-9-10-11-12-13-14-16(20)19(8,18(5,6)7)15-17(2,3)4/h9-15H2,1-8H3. The van der Waals surface area contributed by atoms with Gasteiger partial charge in [0, 0.05) is 11.8 Å². The van der Waals surface area contributed by atoms with Crippen LogP contribution in [-0.2, 0) is 4.79 Å². The molecule has 0 aliphatic rings. The first-order chi connectivity index (χ1) is 8.94. The Kier molecular flexibility index (Phi) is 7.49. The summed E-state index contributed by atoms with van der Waals surface area (Å²) in [6.07, 6.45) is 7.83. The Morgan fingerprint density at radius 1 is 0.800 bits per heavy atom. The molecular formula is C19H38O. The second-order valence-electron chi connectivity index (χ2n) is 8.91. The Labute approximate surface area is 127 Å². The molecule has 0 heterocycles. The molecule has 0 amide bonds. The maximum atomic E-state index is 12.8. The number of hydrogen-bond donors (Lipinski definition) is 0. The summed E-state index contributed by atoms with van der Waals surface area (Å²) >= 11 is 0. The summed E-state index contributed by atoms with van der Waals surface area (Å²) in [7, 11) is 0. The van der Waals surface area contributed by atoms with Crippen LogP contribution in [0.4, 0.5) is 0 Å². The molecule has 0 aromatic rings. The first kappa shape index (κ1) is 19.7. The van der Waals surface area contributed by atoms with Crippen molar-refractivity contribution in [2.45, 2.75) is 100 Å². The molecule has 1 atom stereocenters. The van der Waals surface area contributed by atoms with E-state index in [1.165, 1.54) is 25.7 Å². The number of ketones is 1. The molecule has 0 fully saturated rings. The highest BCUT2D eigenvalue weighted by molar-refractivity contribution is 5.85. The minimum atomic E-state index is -0.212. The van der Waals surface area contributed by atoms with E-state index in [1.54, 1.807) is 0 Å². The summed E-state index contributed by atoms with van der Waals surface area (Å²) in [6, 6.07) is 0. The number of carbonyl (C=O) groups excluding carboxylic acids is 1. The smallest absolute Gasteiger partial charge is 0.139 e. The van der Waals surface area contributed by atoms with Crippen LogP contribution in [0.3, 0.4) is 0 Å². The van der Waals surface area contributed by atoms with E-state index < -0.39 is 0 Å². The summed E-state index contributed by atoms with van der Waals surface area (Å²) in [5.41, 5.74) is 0.0106. The van der Waals surface area contributed by atoms with E-state index >= 15 is 0 Å². The summed E-state index contributed by atoms with van der Waals surface area (Å²) in [6.45, 7) is 17.8. The van der Waals surface area contributed by atoms with E-state index in [1.807, 2.05) is 0 Å². The quantitative estimate of drug-likeness (QED) is 0.470. The molecular weight excluding hydrogens is 244 g/mol. The van der Waals surface area contributed by atoms with Crippen molar-refractivity contribution in [1.82, 2.24) is 0 Å². The summed E-state index contributed by atoms with van der Waals surface area (Å²) in [5.74, 6) is 0.469. The summed E-state index contributed by atoms with van der Waals surface area (Å²) in [4.78, 5) is 12.8. The zero-order valence-corrected chi connectivity index (χ0v) is 15.4. The van der Waals surface area contributed by atoms with E-state index in [2.05, 4.69) is 55.4 Å². The van der Waals surface area contributed by atoms with Gasteiger partial charge in [-0.2, -0.15) is 0 Å². The van der Waals surface area contributed by atoms with Crippen molar-refractivity contribution < 1.29 is 4.79 Å². The average Bonchev–Trinajstić information content (AvgIpc) is 2.24. The van der Waals surface area contributed by atoms with Crippen LogP contribution in [0.5, 0.6) is 0 Å². The van der Waals surface area contributed by atoms with Crippen molar-refractivity contribution in [3.63, 3.8) is 0 Å². The molecule has 0 bridgehead atoms. The second kappa shape index (κ2) is 7.61.